The number of nitrogens with two attached hydrogens (primary N) is 1. The summed E-state index contributed by atoms with van der Waals surface area (Å²) in [5, 5.41) is 110. The third kappa shape index (κ3) is 21.3. The van der Waals surface area contributed by atoms with Crippen molar-refractivity contribution in [3.63, 3.8) is 0 Å². The maximum Gasteiger partial charge on any atom is 0.308 e. The van der Waals surface area contributed by atoms with Crippen LogP contribution in [0.4, 0.5) is 8.78 Å². The lowest BCUT2D eigenvalue weighted by Crippen LogP contribution is -2.59. The molecule has 3 aliphatic heterocycles. The van der Waals surface area contributed by atoms with Gasteiger partial charge < -0.3 is 81.1 Å². The van der Waals surface area contributed by atoms with Crippen molar-refractivity contribution in [2.75, 3.05) is 13.2 Å². The first-order valence-electron chi connectivity index (χ1n) is 22.7. The normalized spacial score (nSPS) is 42.3. The van der Waals surface area contributed by atoms with Gasteiger partial charge in [0.1, 0.15) is 12.2 Å². The Morgan fingerprint density at radius 3 is 1.96 bits per heavy atom. The van der Waals surface area contributed by atoms with Gasteiger partial charge in [-0.1, -0.05) is 92.0 Å². The Bertz CT molecular complexity index is 1700. The number of allylic oxidation sites excluding steroid dienone is 12. The van der Waals surface area contributed by atoms with E-state index in [4.69, 9.17) is 24.7 Å². The Morgan fingerprint density at radius 2 is 1.34 bits per heavy atom. The lowest BCUT2D eigenvalue weighted by atomic mass is 9.82. The molecule has 3 heterocycles. The van der Waals surface area contributed by atoms with Crippen LogP contribution in [0.5, 0.6) is 0 Å². The standard InChI is InChI=1S/C47H72F2N2O16/c1-28-15-13-11-9-7-5-3-4-6-8-10-12-14-16-33(66-46-44(61)43(50)38(59)27-64-46)23-39-42(45(62)51-26-40(48)49)37(58)25-47(63,67-39)24-32(54)21-36(57)34(55)18-17-30(52)20-31(53)22-41(60)65-29(2)19-35(28)56/h3-16,28-40,42-44,46,52-59,61,63H,17-27,50H2,1-2H3,(H,51,62)/b4-3+,7-5+,8-6+,11-9+,12-10+,15-13+,16-14+/t28-,29-,30?,31?,32?,33?,34?,35-,36?,37-,38+,39-,42?,43-,44-,46-,47?/m0/s1. The number of hydrogen-bond donors (Lipinski definition) is 12. The molecule has 13 N–H and O–H groups in total. The van der Waals surface area contributed by atoms with Crippen LogP contribution in [0.2, 0.25) is 0 Å². The number of alkyl halides is 2. The highest BCUT2D eigenvalue weighted by molar-refractivity contribution is 5.80. The second kappa shape index (κ2) is 29.4. The number of amides is 1. The molecule has 1 amide bonds. The topological polar surface area (TPSA) is 311 Å². The zero-order valence-electron chi connectivity index (χ0n) is 37.9. The Balaban J connectivity index is 1.89. The third-order valence-corrected chi connectivity index (χ3v) is 11.5. The largest absolute Gasteiger partial charge is 0.462 e. The van der Waals surface area contributed by atoms with Crippen LogP contribution in [-0.2, 0) is 28.5 Å². The summed E-state index contributed by atoms with van der Waals surface area (Å²) >= 11 is 0. The molecule has 0 aliphatic carbocycles. The summed E-state index contributed by atoms with van der Waals surface area (Å²) in [7, 11) is 0. The number of aliphatic hydroxyl groups is 10. The molecule has 2 saturated heterocycles. The van der Waals surface area contributed by atoms with Gasteiger partial charge in [-0.15, -0.1) is 0 Å². The molecule has 0 aromatic carbocycles. The van der Waals surface area contributed by atoms with Gasteiger partial charge in [-0.2, -0.15) is 0 Å². The number of carbonyl (C=O) groups is 2. The summed E-state index contributed by atoms with van der Waals surface area (Å²) in [6.07, 6.45) is 0.492. The van der Waals surface area contributed by atoms with Crippen LogP contribution in [0.15, 0.2) is 85.1 Å². The molecular formula is C47H72F2N2O16. The molecule has 0 radical (unpaired) electrons. The van der Waals surface area contributed by atoms with Gasteiger partial charge in [-0.05, 0) is 26.2 Å². The van der Waals surface area contributed by atoms with Crippen LogP contribution in [0.1, 0.15) is 71.6 Å². The quantitative estimate of drug-likeness (QED) is 0.166. The van der Waals surface area contributed by atoms with E-state index in [1.807, 2.05) is 6.92 Å². The molecule has 0 spiro atoms. The monoisotopic (exact) mass is 958 g/mol. The van der Waals surface area contributed by atoms with E-state index in [9.17, 15) is 69.4 Å². The van der Waals surface area contributed by atoms with Gasteiger partial charge in [-0.3, -0.25) is 9.59 Å². The highest BCUT2D eigenvalue weighted by Crippen LogP contribution is 2.38. The summed E-state index contributed by atoms with van der Waals surface area (Å²) in [4.78, 5) is 25.8. The number of rotatable bonds is 5. The molecule has 67 heavy (non-hydrogen) atoms. The van der Waals surface area contributed by atoms with Gasteiger partial charge in [0.2, 0.25) is 5.91 Å². The predicted molar refractivity (Wildman–Crippen MR) is 239 cm³/mol. The number of cyclic esters (lactones) is 1. The summed E-state index contributed by atoms with van der Waals surface area (Å²) in [6.45, 7) is 2.05. The maximum atomic E-state index is 13.3. The Kier molecular flexibility index (Phi) is 25.4. The predicted octanol–water partition coefficient (Wildman–Crippen LogP) is 0.374. The Morgan fingerprint density at radius 1 is 0.746 bits per heavy atom. The summed E-state index contributed by atoms with van der Waals surface area (Å²) < 4.78 is 49.2. The summed E-state index contributed by atoms with van der Waals surface area (Å²) in [5.41, 5.74) is 5.94. The molecule has 0 aromatic rings. The molecule has 380 valence electrons. The lowest BCUT2D eigenvalue weighted by Gasteiger charge is -2.45. The van der Waals surface area contributed by atoms with Crippen molar-refractivity contribution in [3.8, 4) is 0 Å². The fourth-order valence-corrected chi connectivity index (χ4v) is 7.81. The Hall–Kier alpha value is -3.58. The van der Waals surface area contributed by atoms with E-state index in [1.165, 1.54) is 6.08 Å². The molecule has 18 nitrogen and oxygen atoms in total. The molecule has 20 heteroatoms. The van der Waals surface area contributed by atoms with Crippen molar-refractivity contribution in [1.82, 2.24) is 5.32 Å². The van der Waals surface area contributed by atoms with E-state index in [-0.39, 0.29) is 44.6 Å². The zero-order valence-corrected chi connectivity index (χ0v) is 37.9. The number of hydrogen-bond acceptors (Lipinski definition) is 17. The number of ether oxygens (including phenoxy) is 4. The summed E-state index contributed by atoms with van der Waals surface area (Å²) in [6, 6.07) is -1.17. The van der Waals surface area contributed by atoms with Crippen molar-refractivity contribution >= 4 is 11.9 Å². The molecule has 3 aliphatic rings. The first-order chi connectivity index (χ1) is 31.7. The minimum absolute atomic E-state index is 0.132. The number of carbonyl (C=O) groups excluding carboxylic acids is 2. The van der Waals surface area contributed by atoms with E-state index in [0.29, 0.717) is 0 Å². The van der Waals surface area contributed by atoms with Gasteiger partial charge in [-0.25, -0.2) is 8.78 Å². The smallest absolute Gasteiger partial charge is 0.308 e. The minimum atomic E-state index is -2.94. The molecule has 0 saturated carbocycles. The van der Waals surface area contributed by atoms with Crippen molar-refractivity contribution in [1.29, 1.82) is 0 Å². The summed E-state index contributed by atoms with van der Waals surface area (Å²) in [5.74, 6) is -6.02. The molecule has 2 bridgehead atoms. The Labute approximate surface area is 390 Å². The lowest BCUT2D eigenvalue weighted by molar-refractivity contribution is -0.304. The zero-order chi connectivity index (χ0) is 49.7. The van der Waals surface area contributed by atoms with Crippen molar-refractivity contribution in [2.24, 2.45) is 17.6 Å². The van der Waals surface area contributed by atoms with Gasteiger partial charge in [0.25, 0.3) is 6.43 Å². The van der Waals surface area contributed by atoms with Crippen LogP contribution in [0, 0.1) is 11.8 Å². The third-order valence-electron chi connectivity index (χ3n) is 11.5. The number of aliphatic hydroxyl groups excluding tert-OH is 9. The molecule has 17 atom stereocenters. The second-order valence-corrected chi connectivity index (χ2v) is 17.5. The number of halogens is 2. The van der Waals surface area contributed by atoms with E-state index in [0.717, 1.165) is 0 Å². The fourth-order valence-electron chi connectivity index (χ4n) is 7.81. The van der Waals surface area contributed by atoms with Gasteiger partial charge in [0, 0.05) is 38.0 Å². The molecule has 8 unspecified atom stereocenters. The van der Waals surface area contributed by atoms with E-state index in [2.05, 4.69) is 5.32 Å². The molecule has 2 fully saturated rings. The number of nitrogens with one attached hydrogen (secondary N) is 1. The van der Waals surface area contributed by atoms with Gasteiger partial charge in [0.05, 0.1) is 92.6 Å². The van der Waals surface area contributed by atoms with E-state index >= 15 is 0 Å². The van der Waals surface area contributed by atoms with Gasteiger partial charge >= 0.3 is 5.97 Å². The SMILES string of the molecule is C[C@H]1C[C@H](O)[C@@H](C)/C=C/C=C/C=C/C=C/C=C/C=C/C=C/C(O[C@@H]2OC[C@@H](O)[C@H](N)[C@@H]2O)C[C@@H]2OC(O)(CC(O)CC(O)C(O)CCC(O)CC(O)CC(=O)O1)C[C@H](O)C2C(=O)NCC(F)F. The van der Waals surface area contributed by atoms with Crippen molar-refractivity contribution in [3.05, 3.63) is 85.1 Å². The molecule has 0 aromatic heterocycles. The second-order valence-electron chi connectivity index (χ2n) is 17.5. The van der Waals surface area contributed by atoms with Crippen LogP contribution in [0.3, 0.4) is 0 Å². The van der Waals surface area contributed by atoms with Gasteiger partial charge in [0.15, 0.2) is 12.1 Å². The highest BCUT2D eigenvalue weighted by Gasteiger charge is 2.50. The molecule has 3 rings (SSSR count). The first kappa shape index (κ1) is 57.7. The van der Waals surface area contributed by atoms with E-state index < -0.39 is 148 Å². The average molecular weight is 959 g/mol. The van der Waals surface area contributed by atoms with Crippen LogP contribution in [-0.4, -0.2) is 174 Å². The maximum absolute atomic E-state index is 13.3. The van der Waals surface area contributed by atoms with Crippen molar-refractivity contribution < 1.29 is 88.4 Å². The van der Waals surface area contributed by atoms with Crippen molar-refractivity contribution in [2.45, 2.75) is 169 Å². The fraction of sp³-hybridized carbons (Fsp3) is 0.660. The first-order valence-corrected chi connectivity index (χ1v) is 22.7. The average Bonchev–Trinajstić information content (AvgIpc) is 3.23. The number of esters is 1. The highest BCUT2D eigenvalue weighted by atomic mass is 19.3. The van der Waals surface area contributed by atoms with Crippen LogP contribution < -0.4 is 11.1 Å². The minimum Gasteiger partial charge on any atom is -0.462 e. The van der Waals surface area contributed by atoms with Crippen LogP contribution >= 0.6 is 0 Å². The molecular weight excluding hydrogens is 887 g/mol. The number of fused-ring (bicyclic) bond motifs is 2. The van der Waals surface area contributed by atoms with Crippen LogP contribution in [0.25, 0.3) is 0 Å². The van der Waals surface area contributed by atoms with E-state index in [1.54, 1.807) is 85.9 Å².